The molecule has 0 unspecified atom stereocenters. The number of rotatable bonds is 5. The van der Waals surface area contributed by atoms with Gasteiger partial charge in [-0.25, -0.2) is 19.9 Å². The van der Waals surface area contributed by atoms with Crippen molar-refractivity contribution in [3.63, 3.8) is 0 Å². The summed E-state index contributed by atoms with van der Waals surface area (Å²) in [5.74, 6) is 1.91. The van der Waals surface area contributed by atoms with Gasteiger partial charge in [0.25, 0.3) is 0 Å². The van der Waals surface area contributed by atoms with Crippen LogP contribution in [0.15, 0.2) is 170 Å². The number of hydrogen-bond acceptors (Lipinski definition) is 5. The first-order valence-electron chi connectivity index (χ1n) is 19.0. The molecule has 0 saturated carbocycles. The third-order valence-corrected chi connectivity index (χ3v) is 12.4. The Labute approximate surface area is 328 Å². The van der Waals surface area contributed by atoms with Gasteiger partial charge in [0, 0.05) is 48.5 Å². The van der Waals surface area contributed by atoms with Gasteiger partial charge < -0.3 is 0 Å². The Bertz CT molecular complexity index is 3160. The zero-order chi connectivity index (χ0) is 37.4. The molecule has 0 radical (unpaired) electrons. The van der Waals surface area contributed by atoms with Gasteiger partial charge in [-0.05, 0) is 57.0 Å². The lowest BCUT2D eigenvalue weighted by molar-refractivity contribution is 0.660. The van der Waals surface area contributed by atoms with Crippen LogP contribution in [0.2, 0.25) is 0 Å². The molecule has 0 bridgehead atoms. The summed E-state index contributed by atoms with van der Waals surface area (Å²) in [5.41, 5.74) is 12.2. The number of aromatic nitrogens is 4. The first-order valence-corrected chi connectivity index (χ1v) is 19.8. The zero-order valence-electron chi connectivity index (χ0n) is 30.9. The van der Waals surface area contributed by atoms with Gasteiger partial charge >= 0.3 is 0 Å². The van der Waals surface area contributed by atoms with Crippen LogP contribution in [-0.2, 0) is 5.41 Å². The molecule has 264 valence electrons. The van der Waals surface area contributed by atoms with Crippen molar-refractivity contribution in [3.8, 4) is 67.7 Å². The molecule has 1 aliphatic carbocycles. The summed E-state index contributed by atoms with van der Waals surface area (Å²) in [5, 5.41) is 4.84. The van der Waals surface area contributed by atoms with Crippen LogP contribution in [0.3, 0.4) is 0 Å². The van der Waals surface area contributed by atoms with E-state index in [0.717, 1.165) is 49.3 Å². The fraction of sp³-hybridized carbons (Fsp3) is 0.0588. The van der Waals surface area contributed by atoms with Crippen molar-refractivity contribution in [1.82, 2.24) is 19.9 Å². The van der Waals surface area contributed by atoms with E-state index in [0.29, 0.717) is 17.5 Å². The highest BCUT2D eigenvalue weighted by atomic mass is 32.1. The number of hydrogen-bond donors (Lipinski definition) is 0. The second-order valence-corrected chi connectivity index (χ2v) is 16.1. The van der Waals surface area contributed by atoms with Crippen molar-refractivity contribution in [2.24, 2.45) is 0 Å². The molecular formula is C51H34N4S. The van der Waals surface area contributed by atoms with E-state index in [1.54, 1.807) is 11.3 Å². The van der Waals surface area contributed by atoms with E-state index in [4.69, 9.17) is 19.9 Å². The molecule has 56 heavy (non-hydrogen) atoms. The summed E-state index contributed by atoms with van der Waals surface area (Å²) in [6.45, 7) is 4.61. The minimum atomic E-state index is -0.141. The largest absolute Gasteiger partial charge is 0.236 e. The van der Waals surface area contributed by atoms with Crippen LogP contribution in [0, 0.1) is 0 Å². The second kappa shape index (κ2) is 12.6. The smallest absolute Gasteiger partial charge is 0.164 e. The average molecular weight is 735 g/mol. The lowest BCUT2D eigenvalue weighted by Crippen LogP contribution is -2.15. The van der Waals surface area contributed by atoms with Crippen LogP contribution in [-0.4, -0.2) is 19.9 Å². The van der Waals surface area contributed by atoms with Crippen LogP contribution >= 0.6 is 11.3 Å². The van der Waals surface area contributed by atoms with Gasteiger partial charge in [0.05, 0.1) is 5.69 Å². The van der Waals surface area contributed by atoms with E-state index in [1.165, 1.54) is 43.1 Å². The molecule has 0 fully saturated rings. The Morgan fingerprint density at radius 2 is 0.964 bits per heavy atom. The molecule has 5 heteroatoms. The molecule has 10 aromatic rings. The van der Waals surface area contributed by atoms with Gasteiger partial charge in [0.1, 0.15) is 4.83 Å². The van der Waals surface area contributed by atoms with Crippen molar-refractivity contribution < 1.29 is 0 Å². The van der Waals surface area contributed by atoms with Crippen LogP contribution in [0.4, 0.5) is 0 Å². The summed E-state index contributed by atoms with van der Waals surface area (Å²) in [4.78, 5) is 21.8. The van der Waals surface area contributed by atoms with Crippen molar-refractivity contribution >= 4 is 42.4 Å². The van der Waals surface area contributed by atoms with E-state index in [9.17, 15) is 0 Å². The van der Waals surface area contributed by atoms with E-state index < -0.39 is 0 Å². The highest BCUT2D eigenvalue weighted by Gasteiger charge is 2.35. The molecule has 4 nitrogen and oxygen atoms in total. The zero-order valence-corrected chi connectivity index (χ0v) is 31.7. The highest BCUT2D eigenvalue weighted by molar-refractivity contribution is 7.25. The Morgan fingerprint density at radius 1 is 0.393 bits per heavy atom. The Hall–Kier alpha value is -6.82. The third-order valence-electron chi connectivity index (χ3n) is 11.4. The fourth-order valence-corrected chi connectivity index (χ4v) is 9.61. The molecule has 3 aromatic heterocycles. The first-order chi connectivity index (χ1) is 27.5. The van der Waals surface area contributed by atoms with Crippen molar-refractivity contribution in [1.29, 1.82) is 0 Å². The fourth-order valence-electron chi connectivity index (χ4n) is 8.51. The Morgan fingerprint density at radius 3 is 1.77 bits per heavy atom. The third kappa shape index (κ3) is 5.19. The van der Waals surface area contributed by atoms with Crippen LogP contribution < -0.4 is 0 Å². The Kier molecular flexibility index (Phi) is 7.35. The van der Waals surface area contributed by atoms with Crippen LogP contribution in [0.1, 0.15) is 25.0 Å². The maximum Gasteiger partial charge on any atom is 0.164 e. The average Bonchev–Trinajstić information content (AvgIpc) is 3.75. The maximum atomic E-state index is 5.29. The van der Waals surface area contributed by atoms with Crippen LogP contribution in [0.5, 0.6) is 0 Å². The SMILES string of the molecule is CC1(C)c2ccccc2-c2ccc(-c3nc(-c4ccc(-c5nc6sc7ccccc7c6c6ccccc56)cc4)nc(-c4cccc(-c5ccccc5)c4)n3)cc21. The van der Waals surface area contributed by atoms with Gasteiger partial charge in [0.2, 0.25) is 0 Å². The molecular weight excluding hydrogens is 701 g/mol. The molecule has 0 aliphatic heterocycles. The number of pyridine rings is 1. The van der Waals surface area contributed by atoms with E-state index in [2.05, 4.69) is 178 Å². The predicted molar refractivity (Wildman–Crippen MR) is 233 cm³/mol. The van der Waals surface area contributed by atoms with Gasteiger partial charge in [-0.2, -0.15) is 0 Å². The summed E-state index contributed by atoms with van der Waals surface area (Å²) in [6, 6.07) is 60.1. The molecule has 0 amide bonds. The van der Waals surface area contributed by atoms with Crippen molar-refractivity contribution in [3.05, 3.63) is 181 Å². The predicted octanol–water partition coefficient (Wildman–Crippen LogP) is 13.4. The number of nitrogens with zero attached hydrogens (tertiary/aromatic N) is 4. The molecule has 0 spiro atoms. The second-order valence-electron chi connectivity index (χ2n) is 15.0. The number of thiophene rings is 1. The monoisotopic (exact) mass is 734 g/mol. The number of fused-ring (bicyclic) bond motifs is 8. The van der Waals surface area contributed by atoms with E-state index in [1.807, 2.05) is 6.07 Å². The Balaban J connectivity index is 1.05. The maximum absolute atomic E-state index is 5.29. The topological polar surface area (TPSA) is 51.6 Å². The molecule has 7 aromatic carbocycles. The summed E-state index contributed by atoms with van der Waals surface area (Å²) in [6.07, 6.45) is 0. The summed E-state index contributed by atoms with van der Waals surface area (Å²) < 4.78 is 1.25. The van der Waals surface area contributed by atoms with Gasteiger partial charge in [0.15, 0.2) is 17.5 Å². The molecule has 0 N–H and O–H groups in total. The van der Waals surface area contributed by atoms with Gasteiger partial charge in [-0.1, -0.05) is 166 Å². The quantitative estimate of drug-likeness (QED) is 0.177. The van der Waals surface area contributed by atoms with Gasteiger partial charge in [-0.15, -0.1) is 11.3 Å². The summed E-state index contributed by atoms with van der Waals surface area (Å²) in [7, 11) is 0. The minimum absolute atomic E-state index is 0.141. The lowest BCUT2D eigenvalue weighted by atomic mass is 9.82. The normalized spacial score (nSPS) is 13.0. The van der Waals surface area contributed by atoms with Crippen molar-refractivity contribution in [2.45, 2.75) is 19.3 Å². The molecule has 0 saturated heterocycles. The minimum Gasteiger partial charge on any atom is -0.236 e. The van der Waals surface area contributed by atoms with Crippen molar-refractivity contribution in [2.75, 3.05) is 0 Å². The molecule has 1 aliphatic rings. The number of benzene rings is 7. The lowest BCUT2D eigenvalue weighted by Gasteiger charge is -2.21. The highest BCUT2D eigenvalue weighted by Crippen LogP contribution is 2.49. The van der Waals surface area contributed by atoms with Gasteiger partial charge in [-0.3, -0.25) is 0 Å². The van der Waals surface area contributed by atoms with Crippen LogP contribution in [0.25, 0.3) is 98.7 Å². The van der Waals surface area contributed by atoms with E-state index >= 15 is 0 Å². The molecule has 3 heterocycles. The summed E-state index contributed by atoms with van der Waals surface area (Å²) >= 11 is 1.75. The standard InChI is InChI=1S/C51H34N4S/c1-51(2)42-21-10-8-17-37(42)38-28-27-36(30-43(38)51)49-54-47(53-48(55-49)35-16-12-15-34(29-35)31-13-4-3-5-14-31)33-25-23-32(24-26-33)46-40-19-7-6-18-39(40)45-41-20-9-11-22-44(41)56-50(45)52-46/h3-30H,1-2H3. The first kappa shape index (κ1) is 32.6. The molecule has 0 atom stereocenters. The molecule has 11 rings (SSSR count). The van der Waals surface area contributed by atoms with E-state index in [-0.39, 0.29) is 5.41 Å².